The molecular weight excluding hydrogens is 216 g/mol. The van der Waals surface area contributed by atoms with E-state index in [9.17, 15) is 5.11 Å². The smallest absolute Gasteiger partial charge is 0.0569 e. The van der Waals surface area contributed by atoms with E-state index in [4.69, 9.17) is 9.47 Å². The maximum Gasteiger partial charge on any atom is 0.0569 e. The van der Waals surface area contributed by atoms with Crippen molar-refractivity contribution in [2.75, 3.05) is 26.9 Å². The monoisotopic (exact) mass is 244 g/mol. The average Bonchev–Trinajstić information content (AvgIpc) is 2.35. The molecule has 102 valence electrons. The minimum atomic E-state index is -0.0969. The molecule has 1 N–H and O–H groups in total. The Morgan fingerprint density at radius 2 is 2.00 bits per heavy atom. The van der Waals surface area contributed by atoms with Crippen molar-refractivity contribution in [3.63, 3.8) is 0 Å². The third-order valence-electron chi connectivity index (χ3n) is 3.90. The molecule has 17 heavy (non-hydrogen) atoms. The highest BCUT2D eigenvalue weighted by Crippen LogP contribution is 2.33. The predicted molar refractivity (Wildman–Crippen MR) is 69.1 cm³/mol. The van der Waals surface area contributed by atoms with Gasteiger partial charge in [0.05, 0.1) is 6.10 Å². The lowest BCUT2D eigenvalue weighted by Crippen LogP contribution is -2.29. The van der Waals surface area contributed by atoms with Gasteiger partial charge in [-0.3, -0.25) is 0 Å². The van der Waals surface area contributed by atoms with Crippen LogP contribution in [-0.4, -0.2) is 38.1 Å². The van der Waals surface area contributed by atoms with Crippen LogP contribution in [0.5, 0.6) is 0 Å². The molecule has 3 unspecified atom stereocenters. The van der Waals surface area contributed by atoms with E-state index in [0.29, 0.717) is 5.92 Å². The van der Waals surface area contributed by atoms with Crippen molar-refractivity contribution in [1.82, 2.24) is 0 Å². The minimum Gasteiger partial charge on any atom is -0.393 e. The van der Waals surface area contributed by atoms with Gasteiger partial charge in [0.1, 0.15) is 0 Å². The summed E-state index contributed by atoms with van der Waals surface area (Å²) < 4.78 is 10.5. The highest BCUT2D eigenvalue weighted by molar-refractivity contribution is 4.79. The summed E-state index contributed by atoms with van der Waals surface area (Å²) in [4.78, 5) is 0. The Morgan fingerprint density at radius 3 is 2.71 bits per heavy atom. The van der Waals surface area contributed by atoms with Gasteiger partial charge in [-0.25, -0.2) is 0 Å². The lowest BCUT2D eigenvalue weighted by Gasteiger charge is -2.32. The fraction of sp³-hybridized carbons (Fsp3) is 1.00. The molecule has 3 atom stereocenters. The zero-order valence-electron chi connectivity index (χ0n) is 11.4. The van der Waals surface area contributed by atoms with E-state index in [1.54, 1.807) is 7.11 Å². The van der Waals surface area contributed by atoms with Crippen molar-refractivity contribution in [2.24, 2.45) is 11.8 Å². The molecule has 3 heteroatoms. The van der Waals surface area contributed by atoms with E-state index < -0.39 is 0 Å². The number of aliphatic hydroxyl groups is 1. The maximum absolute atomic E-state index is 9.95. The summed E-state index contributed by atoms with van der Waals surface area (Å²) in [5.74, 6) is 1.27. The summed E-state index contributed by atoms with van der Waals surface area (Å²) in [5, 5.41) is 9.95. The van der Waals surface area contributed by atoms with E-state index in [0.717, 1.165) is 45.0 Å². The van der Waals surface area contributed by atoms with E-state index >= 15 is 0 Å². The van der Waals surface area contributed by atoms with Crippen LogP contribution in [0.1, 0.15) is 45.4 Å². The Bertz CT molecular complexity index is 184. The summed E-state index contributed by atoms with van der Waals surface area (Å²) in [6, 6.07) is 0. The SMILES string of the molecule is CCC1CCC(O)C(CCOCCCOC)C1. The third kappa shape index (κ3) is 5.84. The van der Waals surface area contributed by atoms with Crippen LogP contribution in [0.3, 0.4) is 0 Å². The van der Waals surface area contributed by atoms with Crippen LogP contribution in [0, 0.1) is 11.8 Å². The minimum absolute atomic E-state index is 0.0969. The number of ether oxygens (including phenoxy) is 2. The largest absolute Gasteiger partial charge is 0.393 e. The highest BCUT2D eigenvalue weighted by Gasteiger charge is 2.27. The molecule has 0 aromatic carbocycles. The second-order valence-corrected chi connectivity index (χ2v) is 5.16. The maximum atomic E-state index is 9.95. The second-order valence-electron chi connectivity index (χ2n) is 5.16. The summed E-state index contributed by atoms with van der Waals surface area (Å²) in [6.45, 7) is 4.57. The molecule has 0 saturated heterocycles. The van der Waals surface area contributed by atoms with Gasteiger partial charge < -0.3 is 14.6 Å². The van der Waals surface area contributed by atoms with Gasteiger partial charge in [-0.05, 0) is 43.9 Å². The summed E-state index contributed by atoms with van der Waals surface area (Å²) in [7, 11) is 1.71. The van der Waals surface area contributed by atoms with Crippen molar-refractivity contribution in [3.05, 3.63) is 0 Å². The lowest BCUT2D eigenvalue weighted by molar-refractivity contribution is 0.0202. The molecule has 1 fully saturated rings. The van der Waals surface area contributed by atoms with E-state index in [2.05, 4.69) is 6.92 Å². The number of hydrogen-bond acceptors (Lipinski definition) is 3. The summed E-state index contributed by atoms with van der Waals surface area (Å²) in [5.41, 5.74) is 0. The Kier molecular flexibility index (Phi) is 7.82. The van der Waals surface area contributed by atoms with Crippen LogP contribution in [0.15, 0.2) is 0 Å². The van der Waals surface area contributed by atoms with Gasteiger partial charge in [0.15, 0.2) is 0 Å². The van der Waals surface area contributed by atoms with E-state index in [1.807, 2.05) is 0 Å². The number of aliphatic hydroxyl groups excluding tert-OH is 1. The fourth-order valence-corrected chi connectivity index (χ4v) is 2.67. The van der Waals surface area contributed by atoms with Crippen molar-refractivity contribution < 1.29 is 14.6 Å². The number of methoxy groups -OCH3 is 1. The molecule has 0 amide bonds. The predicted octanol–water partition coefficient (Wildman–Crippen LogP) is 2.62. The standard InChI is InChI=1S/C14H28O3/c1-3-12-5-6-14(15)13(11-12)7-10-17-9-4-8-16-2/h12-15H,3-11H2,1-2H3. The van der Waals surface area contributed by atoms with Crippen molar-refractivity contribution in [2.45, 2.75) is 51.6 Å². The molecule has 0 heterocycles. The van der Waals surface area contributed by atoms with Crippen molar-refractivity contribution in [1.29, 1.82) is 0 Å². The van der Waals surface area contributed by atoms with Gasteiger partial charge in [0.25, 0.3) is 0 Å². The zero-order valence-corrected chi connectivity index (χ0v) is 11.4. The second kappa shape index (κ2) is 8.90. The zero-order chi connectivity index (χ0) is 12.5. The van der Waals surface area contributed by atoms with Crippen LogP contribution in [-0.2, 0) is 9.47 Å². The van der Waals surface area contributed by atoms with Crippen LogP contribution >= 0.6 is 0 Å². The van der Waals surface area contributed by atoms with E-state index in [-0.39, 0.29) is 6.10 Å². The number of hydrogen-bond donors (Lipinski definition) is 1. The summed E-state index contributed by atoms with van der Waals surface area (Å²) >= 11 is 0. The van der Waals surface area contributed by atoms with Crippen LogP contribution in [0.2, 0.25) is 0 Å². The Morgan fingerprint density at radius 1 is 1.18 bits per heavy atom. The Balaban J connectivity index is 2.07. The number of rotatable bonds is 8. The highest BCUT2D eigenvalue weighted by atomic mass is 16.5. The first kappa shape index (κ1) is 14.9. The average molecular weight is 244 g/mol. The normalized spacial score (nSPS) is 29.5. The molecule has 0 radical (unpaired) electrons. The quantitative estimate of drug-likeness (QED) is 0.667. The van der Waals surface area contributed by atoms with Gasteiger partial charge in [0.2, 0.25) is 0 Å². The van der Waals surface area contributed by atoms with Crippen LogP contribution in [0.4, 0.5) is 0 Å². The molecule has 1 aliphatic carbocycles. The molecule has 1 rings (SSSR count). The molecule has 0 aliphatic heterocycles. The molecule has 0 bridgehead atoms. The molecule has 1 saturated carbocycles. The molecule has 0 spiro atoms. The lowest BCUT2D eigenvalue weighted by atomic mass is 9.77. The first-order valence-electron chi connectivity index (χ1n) is 7.02. The van der Waals surface area contributed by atoms with Gasteiger partial charge in [0, 0.05) is 26.9 Å². The van der Waals surface area contributed by atoms with E-state index in [1.165, 1.54) is 19.3 Å². The van der Waals surface area contributed by atoms with Crippen LogP contribution < -0.4 is 0 Å². The Labute approximate surface area is 105 Å². The molecule has 1 aliphatic rings. The first-order chi connectivity index (χ1) is 8.27. The topological polar surface area (TPSA) is 38.7 Å². The third-order valence-corrected chi connectivity index (χ3v) is 3.90. The van der Waals surface area contributed by atoms with Crippen LogP contribution in [0.25, 0.3) is 0 Å². The fourth-order valence-electron chi connectivity index (χ4n) is 2.67. The molecular formula is C14H28O3. The summed E-state index contributed by atoms with van der Waals surface area (Å²) in [6.07, 6.45) is 6.47. The van der Waals surface area contributed by atoms with Gasteiger partial charge >= 0.3 is 0 Å². The van der Waals surface area contributed by atoms with Gasteiger partial charge in [-0.2, -0.15) is 0 Å². The van der Waals surface area contributed by atoms with Gasteiger partial charge in [-0.1, -0.05) is 13.3 Å². The molecule has 0 aromatic rings. The molecule has 0 aromatic heterocycles. The van der Waals surface area contributed by atoms with Crippen molar-refractivity contribution >= 4 is 0 Å². The first-order valence-corrected chi connectivity index (χ1v) is 7.02. The Hall–Kier alpha value is -0.120. The molecule has 3 nitrogen and oxygen atoms in total. The van der Waals surface area contributed by atoms with Crippen molar-refractivity contribution in [3.8, 4) is 0 Å². The van der Waals surface area contributed by atoms with Gasteiger partial charge in [-0.15, -0.1) is 0 Å².